The van der Waals surface area contributed by atoms with Gasteiger partial charge in [-0.1, -0.05) is 18.2 Å². The van der Waals surface area contributed by atoms with Crippen molar-refractivity contribution in [1.82, 2.24) is 29.3 Å². The zero-order valence-electron chi connectivity index (χ0n) is 18.2. The van der Waals surface area contributed by atoms with Crippen molar-refractivity contribution in [2.75, 3.05) is 5.32 Å². The zero-order chi connectivity index (χ0) is 23.0. The van der Waals surface area contributed by atoms with Gasteiger partial charge in [0.2, 0.25) is 0 Å². The first-order chi connectivity index (χ1) is 15.2. The van der Waals surface area contributed by atoms with Crippen LogP contribution in [-0.4, -0.2) is 35.2 Å². The molecule has 4 aromatic rings. The fourth-order valence-corrected chi connectivity index (χ4v) is 3.79. The van der Waals surface area contributed by atoms with Crippen molar-refractivity contribution >= 4 is 27.5 Å². The summed E-state index contributed by atoms with van der Waals surface area (Å²) in [4.78, 5) is 12.8. The number of carbonyl (C=O) groups is 1. The quantitative estimate of drug-likeness (QED) is 0.430. The van der Waals surface area contributed by atoms with E-state index in [4.69, 9.17) is 0 Å². The van der Waals surface area contributed by atoms with Crippen LogP contribution in [0.4, 0.5) is 10.1 Å². The van der Waals surface area contributed by atoms with Crippen molar-refractivity contribution < 1.29 is 9.18 Å². The molecule has 1 aromatic carbocycles. The van der Waals surface area contributed by atoms with Crippen LogP contribution in [-0.2, 0) is 13.2 Å². The van der Waals surface area contributed by atoms with Crippen LogP contribution in [0.25, 0.3) is 0 Å². The maximum Gasteiger partial charge on any atom is 0.276 e. The van der Waals surface area contributed by atoms with Gasteiger partial charge in [0.1, 0.15) is 12.5 Å². The fraction of sp³-hybridized carbons (Fsp3) is 0.273. The van der Waals surface area contributed by atoms with Crippen molar-refractivity contribution in [3.63, 3.8) is 0 Å². The van der Waals surface area contributed by atoms with Gasteiger partial charge in [-0.25, -0.2) is 9.07 Å². The highest BCUT2D eigenvalue weighted by Crippen LogP contribution is 2.22. The standard InChI is InChI=1S/C22H23BrFN7O/c1-13-20(23)15(3)31(26-13)12-29-10-9-19(28-29)22(32)25-21-14(2)27-30(16(21)4)11-17-7-5-6-8-18(17)24/h5-10H,11-12H2,1-4H3,(H,25,32). The molecule has 8 nitrogen and oxygen atoms in total. The maximum absolute atomic E-state index is 14.0. The van der Waals surface area contributed by atoms with Gasteiger partial charge < -0.3 is 5.32 Å². The number of hydrogen-bond donors (Lipinski definition) is 1. The number of nitrogens with one attached hydrogen (secondary N) is 1. The lowest BCUT2D eigenvalue weighted by Gasteiger charge is -2.07. The third kappa shape index (κ3) is 4.22. The number of nitrogens with zero attached hydrogens (tertiary/aromatic N) is 6. The molecule has 0 aliphatic carbocycles. The number of hydrogen-bond acceptors (Lipinski definition) is 4. The Bertz CT molecular complexity index is 1300. The van der Waals surface area contributed by atoms with E-state index in [-0.39, 0.29) is 24.0 Å². The predicted octanol–water partition coefficient (Wildman–Crippen LogP) is 4.22. The summed E-state index contributed by atoms with van der Waals surface area (Å²) in [6, 6.07) is 8.24. The van der Waals surface area contributed by atoms with Crippen LogP contribution in [0.1, 0.15) is 38.8 Å². The van der Waals surface area contributed by atoms with Gasteiger partial charge in [-0.3, -0.25) is 14.2 Å². The molecule has 0 radical (unpaired) electrons. The van der Waals surface area contributed by atoms with Crippen molar-refractivity contribution in [3.05, 3.63) is 80.9 Å². The number of amides is 1. The average Bonchev–Trinajstić information content (AvgIpc) is 3.40. The van der Waals surface area contributed by atoms with Crippen LogP contribution in [0.5, 0.6) is 0 Å². The van der Waals surface area contributed by atoms with E-state index in [2.05, 4.69) is 36.5 Å². The Balaban J connectivity index is 1.49. The lowest BCUT2D eigenvalue weighted by atomic mass is 10.2. The van der Waals surface area contributed by atoms with E-state index < -0.39 is 0 Å². The normalized spacial score (nSPS) is 11.2. The van der Waals surface area contributed by atoms with E-state index in [0.717, 1.165) is 21.6 Å². The molecule has 0 spiro atoms. The molecule has 0 aliphatic heterocycles. The van der Waals surface area contributed by atoms with E-state index in [1.165, 1.54) is 6.07 Å². The minimum absolute atomic E-state index is 0.280. The van der Waals surface area contributed by atoms with E-state index >= 15 is 0 Å². The molecule has 0 atom stereocenters. The third-order valence-corrected chi connectivity index (χ3v) is 6.49. The average molecular weight is 500 g/mol. The van der Waals surface area contributed by atoms with Gasteiger partial charge in [0.15, 0.2) is 5.69 Å². The summed E-state index contributed by atoms with van der Waals surface area (Å²) in [6.45, 7) is 8.21. The first kappa shape index (κ1) is 21.9. The van der Waals surface area contributed by atoms with Crippen molar-refractivity contribution in [3.8, 4) is 0 Å². The molecule has 0 fully saturated rings. The van der Waals surface area contributed by atoms with Crippen LogP contribution in [0.3, 0.4) is 0 Å². The molecular weight excluding hydrogens is 477 g/mol. The molecule has 0 bridgehead atoms. The Kier molecular flexibility index (Phi) is 5.96. The number of benzene rings is 1. The predicted molar refractivity (Wildman–Crippen MR) is 122 cm³/mol. The Morgan fingerprint density at radius 1 is 1.00 bits per heavy atom. The second kappa shape index (κ2) is 8.70. The third-order valence-electron chi connectivity index (χ3n) is 5.34. The van der Waals surface area contributed by atoms with Crippen LogP contribution < -0.4 is 5.32 Å². The number of halogens is 2. The van der Waals surface area contributed by atoms with Gasteiger partial charge >= 0.3 is 0 Å². The van der Waals surface area contributed by atoms with Gasteiger partial charge in [0.05, 0.1) is 39.5 Å². The first-order valence-electron chi connectivity index (χ1n) is 10.1. The summed E-state index contributed by atoms with van der Waals surface area (Å²) in [7, 11) is 0. The molecule has 0 aliphatic rings. The minimum atomic E-state index is -0.338. The van der Waals surface area contributed by atoms with E-state index in [1.54, 1.807) is 46.7 Å². The molecule has 3 heterocycles. The Morgan fingerprint density at radius 2 is 1.72 bits per heavy atom. The Hall–Kier alpha value is -3.27. The second-order valence-corrected chi connectivity index (χ2v) is 8.41. The maximum atomic E-state index is 14.0. The topological polar surface area (TPSA) is 82.6 Å². The Labute approximate surface area is 193 Å². The molecule has 0 saturated carbocycles. The summed E-state index contributed by atoms with van der Waals surface area (Å²) in [5, 5.41) is 16.2. The van der Waals surface area contributed by atoms with Crippen molar-refractivity contribution in [2.45, 2.75) is 40.9 Å². The van der Waals surface area contributed by atoms with E-state index in [0.29, 0.717) is 23.6 Å². The molecule has 10 heteroatoms. The molecule has 4 rings (SSSR count). The highest BCUT2D eigenvalue weighted by atomic mass is 79.9. The number of aromatic nitrogens is 6. The summed E-state index contributed by atoms with van der Waals surface area (Å²) >= 11 is 3.51. The van der Waals surface area contributed by atoms with Gasteiger partial charge in [-0.2, -0.15) is 15.3 Å². The first-order valence-corrected chi connectivity index (χ1v) is 10.9. The monoisotopic (exact) mass is 499 g/mol. The molecule has 166 valence electrons. The van der Waals surface area contributed by atoms with Gasteiger partial charge in [0, 0.05) is 11.8 Å². The van der Waals surface area contributed by atoms with Crippen LogP contribution in [0, 0.1) is 33.5 Å². The van der Waals surface area contributed by atoms with E-state index in [9.17, 15) is 9.18 Å². The summed E-state index contributed by atoms with van der Waals surface area (Å²) in [5.41, 5.74) is 4.69. The lowest BCUT2D eigenvalue weighted by molar-refractivity contribution is 0.102. The van der Waals surface area contributed by atoms with Gasteiger partial charge in [0.25, 0.3) is 5.91 Å². The van der Waals surface area contributed by atoms with E-state index in [1.807, 2.05) is 25.5 Å². The summed E-state index contributed by atoms with van der Waals surface area (Å²) in [5.74, 6) is -0.624. The number of rotatable bonds is 6. The number of carbonyl (C=O) groups excluding carboxylic acids is 1. The fourth-order valence-electron chi connectivity index (χ4n) is 3.51. The van der Waals surface area contributed by atoms with Crippen LogP contribution >= 0.6 is 15.9 Å². The minimum Gasteiger partial charge on any atom is -0.317 e. The summed E-state index contributed by atoms with van der Waals surface area (Å²) < 4.78 is 20.1. The molecular formula is C22H23BrFN7O. The van der Waals surface area contributed by atoms with Gasteiger partial charge in [-0.05, 0) is 55.8 Å². The molecule has 0 unspecified atom stereocenters. The molecule has 1 N–H and O–H groups in total. The van der Waals surface area contributed by atoms with Crippen LogP contribution in [0.15, 0.2) is 41.0 Å². The van der Waals surface area contributed by atoms with Crippen molar-refractivity contribution in [1.29, 1.82) is 0 Å². The largest absolute Gasteiger partial charge is 0.317 e. The number of anilines is 1. The molecule has 1 amide bonds. The SMILES string of the molecule is Cc1nn(Cn2ccc(C(=O)Nc3c(C)nn(Cc4ccccc4F)c3C)n2)c(C)c1Br. The summed E-state index contributed by atoms with van der Waals surface area (Å²) in [6.07, 6.45) is 1.74. The smallest absolute Gasteiger partial charge is 0.276 e. The molecule has 3 aromatic heterocycles. The highest BCUT2D eigenvalue weighted by Gasteiger charge is 2.18. The highest BCUT2D eigenvalue weighted by molar-refractivity contribution is 9.10. The zero-order valence-corrected chi connectivity index (χ0v) is 19.8. The van der Waals surface area contributed by atoms with Crippen LogP contribution in [0.2, 0.25) is 0 Å². The molecule has 0 saturated heterocycles. The van der Waals surface area contributed by atoms with Gasteiger partial charge in [-0.15, -0.1) is 0 Å². The Morgan fingerprint density at radius 3 is 2.41 bits per heavy atom. The molecule has 32 heavy (non-hydrogen) atoms. The lowest BCUT2D eigenvalue weighted by Crippen LogP contribution is -2.16. The number of aryl methyl sites for hydroxylation is 2. The second-order valence-electron chi connectivity index (χ2n) is 7.62. The van der Waals surface area contributed by atoms with Crippen molar-refractivity contribution in [2.24, 2.45) is 0 Å².